The molecule has 0 saturated carbocycles. The van der Waals surface area contributed by atoms with E-state index in [4.69, 9.17) is 4.99 Å². The number of pyridine rings is 1. The number of rotatable bonds is 6. The van der Waals surface area contributed by atoms with Crippen LogP contribution in [0.5, 0.6) is 0 Å². The lowest BCUT2D eigenvalue weighted by Crippen LogP contribution is -2.38. The van der Waals surface area contributed by atoms with Gasteiger partial charge >= 0.3 is 0 Å². The SMILES string of the molecule is CCNC(=NCc1cccc2cccnc12)NCCc1csc(C)n1.I. The molecule has 0 unspecified atom stereocenters. The molecule has 0 aliphatic heterocycles. The Balaban J connectivity index is 0.00000243. The summed E-state index contributed by atoms with van der Waals surface area (Å²) in [5.74, 6) is 0.822. The minimum Gasteiger partial charge on any atom is -0.357 e. The molecule has 138 valence electrons. The molecule has 0 saturated heterocycles. The molecule has 7 heteroatoms. The number of thiazole rings is 1. The van der Waals surface area contributed by atoms with Gasteiger partial charge in [0.25, 0.3) is 0 Å². The Morgan fingerprint density at radius 2 is 2.04 bits per heavy atom. The third-order valence-corrected chi connectivity index (χ3v) is 4.63. The molecule has 0 amide bonds. The van der Waals surface area contributed by atoms with Crippen molar-refractivity contribution in [3.8, 4) is 0 Å². The van der Waals surface area contributed by atoms with E-state index in [0.717, 1.165) is 52.6 Å². The second-order valence-electron chi connectivity index (χ2n) is 5.72. The average Bonchev–Trinajstić information content (AvgIpc) is 3.05. The van der Waals surface area contributed by atoms with Gasteiger partial charge < -0.3 is 10.6 Å². The van der Waals surface area contributed by atoms with Gasteiger partial charge in [-0.1, -0.05) is 24.3 Å². The van der Waals surface area contributed by atoms with Gasteiger partial charge in [0.1, 0.15) is 0 Å². The molecule has 5 nitrogen and oxygen atoms in total. The van der Waals surface area contributed by atoms with E-state index in [9.17, 15) is 0 Å². The summed E-state index contributed by atoms with van der Waals surface area (Å²) < 4.78 is 0. The van der Waals surface area contributed by atoms with Crippen molar-refractivity contribution < 1.29 is 0 Å². The first-order valence-corrected chi connectivity index (χ1v) is 9.40. The fourth-order valence-corrected chi connectivity index (χ4v) is 3.28. The molecule has 0 aliphatic rings. The third-order valence-electron chi connectivity index (χ3n) is 3.81. The van der Waals surface area contributed by atoms with E-state index in [-0.39, 0.29) is 24.0 Å². The van der Waals surface area contributed by atoms with Crippen LogP contribution in [0.25, 0.3) is 10.9 Å². The van der Waals surface area contributed by atoms with Gasteiger partial charge in [0, 0.05) is 36.5 Å². The van der Waals surface area contributed by atoms with E-state index >= 15 is 0 Å². The van der Waals surface area contributed by atoms with Crippen LogP contribution in [0, 0.1) is 6.92 Å². The molecule has 3 aromatic rings. The number of halogens is 1. The number of guanidine groups is 1. The molecule has 0 fully saturated rings. The van der Waals surface area contributed by atoms with Gasteiger partial charge in [-0.05, 0) is 25.5 Å². The highest BCUT2D eigenvalue weighted by molar-refractivity contribution is 14.0. The van der Waals surface area contributed by atoms with Crippen LogP contribution < -0.4 is 10.6 Å². The van der Waals surface area contributed by atoms with Gasteiger partial charge in [0.15, 0.2) is 5.96 Å². The highest BCUT2D eigenvalue weighted by Gasteiger charge is 2.03. The number of hydrogen-bond donors (Lipinski definition) is 2. The van der Waals surface area contributed by atoms with Crippen LogP contribution in [-0.4, -0.2) is 29.0 Å². The molecular formula is C19H24IN5S. The van der Waals surface area contributed by atoms with E-state index < -0.39 is 0 Å². The Kier molecular flexibility index (Phi) is 8.24. The zero-order chi connectivity index (χ0) is 17.5. The van der Waals surface area contributed by atoms with Gasteiger partial charge in [-0.3, -0.25) is 4.98 Å². The number of hydrogen-bond acceptors (Lipinski definition) is 4. The first kappa shape index (κ1) is 20.6. The zero-order valence-corrected chi connectivity index (χ0v) is 18.2. The first-order valence-electron chi connectivity index (χ1n) is 8.52. The summed E-state index contributed by atoms with van der Waals surface area (Å²) in [4.78, 5) is 13.7. The highest BCUT2D eigenvalue weighted by atomic mass is 127. The minimum atomic E-state index is 0. The van der Waals surface area contributed by atoms with Crippen LogP contribution in [0.2, 0.25) is 0 Å². The Labute approximate surface area is 175 Å². The normalized spacial score (nSPS) is 11.2. The molecular weight excluding hydrogens is 457 g/mol. The molecule has 0 bridgehead atoms. The number of nitrogens with zero attached hydrogens (tertiary/aromatic N) is 3. The van der Waals surface area contributed by atoms with Gasteiger partial charge in [-0.2, -0.15) is 0 Å². The largest absolute Gasteiger partial charge is 0.357 e. The lowest BCUT2D eigenvalue weighted by Gasteiger charge is -2.11. The van der Waals surface area contributed by atoms with E-state index in [1.807, 2.05) is 19.2 Å². The predicted octanol–water partition coefficient (Wildman–Crippen LogP) is 3.92. The van der Waals surface area contributed by atoms with E-state index in [1.165, 1.54) is 0 Å². The van der Waals surface area contributed by atoms with Crippen molar-refractivity contribution in [3.63, 3.8) is 0 Å². The molecule has 1 aromatic carbocycles. The quantitative estimate of drug-likeness (QED) is 0.319. The van der Waals surface area contributed by atoms with Crippen LogP contribution >= 0.6 is 35.3 Å². The Hall–Kier alpha value is -1.74. The summed E-state index contributed by atoms with van der Waals surface area (Å²) >= 11 is 1.69. The molecule has 0 radical (unpaired) electrons. The van der Waals surface area contributed by atoms with Crippen LogP contribution in [-0.2, 0) is 13.0 Å². The van der Waals surface area contributed by atoms with Crippen molar-refractivity contribution in [2.75, 3.05) is 13.1 Å². The number of nitrogens with one attached hydrogen (secondary N) is 2. The fourth-order valence-electron chi connectivity index (χ4n) is 2.63. The molecule has 26 heavy (non-hydrogen) atoms. The van der Waals surface area contributed by atoms with Crippen molar-refractivity contribution in [1.82, 2.24) is 20.6 Å². The summed E-state index contributed by atoms with van der Waals surface area (Å²) in [5.41, 5.74) is 3.28. The van der Waals surface area contributed by atoms with Crippen LogP contribution in [0.3, 0.4) is 0 Å². The summed E-state index contributed by atoms with van der Waals surface area (Å²) in [7, 11) is 0. The fraction of sp³-hybridized carbons (Fsp3) is 0.316. The second-order valence-corrected chi connectivity index (χ2v) is 6.78. The topological polar surface area (TPSA) is 62.2 Å². The van der Waals surface area contributed by atoms with Crippen molar-refractivity contribution in [3.05, 3.63) is 58.2 Å². The number of fused-ring (bicyclic) bond motifs is 1. The third kappa shape index (κ3) is 5.63. The molecule has 3 rings (SSSR count). The number of benzene rings is 1. The van der Waals surface area contributed by atoms with Gasteiger partial charge in [0.2, 0.25) is 0 Å². The zero-order valence-electron chi connectivity index (χ0n) is 15.0. The Morgan fingerprint density at radius 1 is 1.19 bits per heavy atom. The smallest absolute Gasteiger partial charge is 0.191 e. The number of aryl methyl sites for hydroxylation is 1. The maximum absolute atomic E-state index is 4.71. The summed E-state index contributed by atoms with van der Waals surface area (Å²) in [5, 5.41) is 11.0. The summed E-state index contributed by atoms with van der Waals surface area (Å²) in [6.07, 6.45) is 2.72. The molecule has 0 spiro atoms. The number of aliphatic imine (C=N–C) groups is 1. The molecule has 2 aromatic heterocycles. The first-order chi connectivity index (χ1) is 12.3. The van der Waals surface area contributed by atoms with Crippen LogP contribution in [0.4, 0.5) is 0 Å². The Morgan fingerprint density at radius 3 is 2.81 bits per heavy atom. The monoisotopic (exact) mass is 481 g/mol. The molecule has 2 heterocycles. The highest BCUT2D eigenvalue weighted by Crippen LogP contribution is 2.16. The van der Waals surface area contributed by atoms with Gasteiger partial charge in [-0.25, -0.2) is 9.98 Å². The van der Waals surface area contributed by atoms with Crippen LogP contribution in [0.1, 0.15) is 23.2 Å². The van der Waals surface area contributed by atoms with Crippen molar-refractivity contribution in [1.29, 1.82) is 0 Å². The lowest BCUT2D eigenvalue weighted by molar-refractivity contribution is 0.790. The summed E-state index contributed by atoms with van der Waals surface area (Å²) in [6, 6.07) is 10.3. The molecule has 0 aliphatic carbocycles. The van der Waals surface area contributed by atoms with Gasteiger partial charge in [0.05, 0.1) is 22.8 Å². The predicted molar refractivity (Wildman–Crippen MR) is 121 cm³/mol. The maximum Gasteiger partial charge on any atom is 0.191 e. The molecule has 2 N–H and O–H groups in total. The van der Waals surface area contributed by atoms with E-state index in [1.54, 1.807) is 11.3 Å². The number of aromatic nitrogens is 2. The minimum absolute atomic E-state index is 0. The van der Waals surface area contributed by atoms with Crippen molar-refractivity contribution in [2.45, 2.75) is 26.8 Å². The Bertz CT molecular complexity index is 857. The van der Waals surface area contributed by atoms with Gasteiger partial charge in [-0.15, -0.1) is 35.3 Å². The molecule has 0 atom stereocenters. The van der Waals surface area contributed by atoms with E-state index in [0.29, 0.717) is 6.54 Å². The average molecular weight is 481 g/mol. The maximum atomic E-state index is 4.71. The van der Waals surface area contributed by atoms with Crippen molar-refractivity contribution >= 4 is 52.2 Å². The second kappa shape index (κ2) is 10.4. The standard InChI is InChI=1S/C19H23N5S.HI/c1-3-20-19(22-11-9-17-13-25-14(2)24-17)23-12-16-7-4-6-15-8-5-10-21-18(15)16;/h4-8,10,13H,3,9,11-12H2,1-2H3,(H2,20,22,23);1H. The van der Waals surface area contributed by atoms with Crippen molar-refractivity contribution in [2.24, 2.45) is 4.99 Å². The van der Waals surface area contributed by atoms with Crippen LogP contribution in [0.15, 0.2) is 46.9 Å². The lowest BCUT2D eigenvalue weighted by atomic mass is 10.1. The number of para-hydroxylation sites is 1. The summed E-state index contributed by atoms with van der Waals surface area (Å²) in [6.45, 7) is 6.34. The van der Waals surface area contributed by atoms with E-state index in [2.05, 4.69) is 57.2 Å².